The van der Waals surface area contributed by atoms with E-state index in [2.05, 4.69) is 10.3 Å². The van der Waals surface area contributed by atoms with Crippen molar-refractivity contribution in [3.05, 3.63) is 86.8 Å². The predicted octanol–water partition coefficient (Wildman–Crippen LogP) is 3.47. The molecule has 8 heteroatoms. The van der Waals surface area contributed by atoms with E-state index in [1.807, 2.05) is 0 Å². The van der Waals surface area contributed by atoms with Crippen molar-refractivity contribution in [2.75, 3.05) is 0 Å². The van der Waals surface area contributed by atoms with Crippen molar-refractivity contribution in [1.29, 1.82) is 0 Å². The smallest absolute Gasteiger partial charge is 0.254 e. The number of carbonyl (C=O) groups is 1. The Kier molecular flexibility index (Phi) is 5.84. The number of amides is 1. The van der Waals surface area contributed by atoms with Gasteiger partial charge in [0.1, 0.15) is 24.0 Å². The summed E-state index contributed by atoms with van der Waals surface area (Å²) in [7, 11) is 0. The molecule has 1 aromatic heterocycles. The third-order valence-corrected chi connectivity index (χ3v) is 4.38. The van der Waals surface area contributed by atoms with Crippen molar-refractivity contribution >= 4 is 17.5 Å². The highest BCUT2D eigenvalue weighted by molar-refractivity contribution is 6.31. The number of rotatable bonds is 5. The molecule has 3 aromatic rings. The van der Waals surface area contributed by atoms with E-state index in [4.69, 9.17) is 11.6 Å². The highest BCUT2D eigenvalue weighted by atomic mass is 35.5. The van der Waals surface area contributed by atoms with Crippen LogP contribution in [0.1, 0.15) is 11.3 Å². The molecule has 3 rings (SSSR count). The molecule has 0 atom stereocenters. The van der Waals surface area contributed by atoms with E-state index in [9.17, 15) is 18.4 Å². The molecule has 0 fully saturated rings. The minimum Gasteiger partial charge on any atom is -0.350 e. The maximum Gasteiger partial charge on any atom is 0.254 e. The van der Waals surface area contributed by atoms with Crippen LogP contribution in [0.25, 0.3) is 11.4 Å². The van der Waals surface area contributed by atoms with E-state index in [0.717, 1.165) is 6.07 Å². The third-order valence-electron chi connectivity index (χ3n) is 4.03. The van der Waals surface area contributed by atoms with Crippen molar-refractivity contribution in [1.82, 2.24) is 14.9 Å². The summed E-state index contributed by atoms with van der Waals surface area (Å²) < 4.78 is 27.5. The Bertz CT molecular complexity index is 1080. The molecule has 0 aliphatic rings. The Labute approximate surface area is 164 Å². The number of hydrogen-bond donors (Lipinski definition) is 1. The predicted molar refractivity (Wildman–Crippen MR) is 102 cm³/mol. The van der Waals surface area contributed by atoms with E-state index in [1.165, 1.54) is 47.0 Å². The minimum atomic E-state index is -0.471. The van der Waals surface area contributed by atoms with Crippen molar-refractivity contribution in [3.8, 4) is 11.4 Å². The minimum absolute atomic E-state index is 0.0812. The lowest BCUT2D eigenvalue weighted by Crippen LogP contribution is -2.33. The normalized spacial score (nSPS) is 10.7. The molecule has 144 valence electrons. The Balaban J connectivity index is 1.82. The Morgan fingerprint density at radius 2 is 1.79 bits per heavy atom. The summed E-state index contributed by atoms with van der Waals surface area (Å²) in [6.07, 6.45) is 0. The van der Waals surface area contributed by atoms with Gasteiger partial charge in [0, 0.05) is 28.9 Å². The van der Waals surface area contributed by atoms with Crippen molar-refractivity contribution in [2.24, 2.45) is 0 Å². The molecular weight excluding hydrogens is 388 g/mol. The third kappa shape index (κ3) is 4.61. The molecule has 28 heavy (non-hydrogen) atoms. The molecule has 5 nitrogen and oxygen atoms in total. The molecule has 1 N–H and O–H groups in total. The molecule has 0 radical (unpaired) electrons. The van der Waals surface area contributed by atoms with Crippen LogP contribution in [0.4, 0.5) is 8.78 Å². The molecule has 1 amide bonds. The molecule has 0 bridgehead atoms. The molecule has 0 unspecified atom stereocenters. The standard InChI is InChI=1S/C20H16ClF2N3O2/c1-12-8-19(28)26(20(25-12)13-2-5-15(22)6-3-13)11-18(27)24-10-14-4-7-16(23)9-17(14)21/h2-9H,10-11H2,1H3,(H,24,27). The molecule has 2 aromatic carbocycles. The van der Waals surface area contributed by atoms with Crippen LogP contribution in [0, 0.1) is 18.6 Å². The highest BCUT2D eigenvalue weighted by Gasteiger charge is 2.14. The fourth-order valence-corrected chi connectivity index (χ4v) is 2.89. The molecule has 1 heterocycles. The molecule has 0 saturated carbocycles. The van der Waals surface area contributed by atoms with Gasteiger partial charge >= 0.3 is 0 Å². The van der Waals surface area contributed by atoms with Gasteiger partial charge in [0.05, 0.1) is 0 Å². The first-order valence-corrected chi connectivity index (χ1v) is 8.76. The average molecular weight is 404 g/mol. The first-order valence-electron chi connectivity index (χ1n) is 8.38. The summed E-state index contributed by atoms with van der Waals surface area (Å²) in [4.78, 5) is 29.1. The molecule has 0 aliphatic heterocycles. The fourth-order valence-electron chi connectivity index (χ4n) is 2.65. The lowest BCUT2D eigenvalue weighted by molar-refractivity contribution is -0.121. The summed E-state index contributed by atoms with van der Waals surface area (Å²) in [5.41, 5.74) is 1.14. The Hall–Kier alpha value is -3.06. The maximum atomic E-state index is 13.2. The van der Waals surface area contributed by atoms with Gasteiger partial charge in [0.25, 0.3) is 5.56 Å². The SMILES string of the molecule is Cc1cc(=O)n(CC(=O)NCc2ccc(F)cc2Cl)c(-c2ccc(F)cc2)n1. The van der Waals surface area contributed by atoms with Gasteiger partial charge in [-0.15, -0.1) is 0 Å². The van der Waals surface area contributed by atoms with Crippen LogP contribution in [0.5, 0.6) is 0 Å². The number of aromatic nitrogens is 2. The van der Waals surface area contributed by atoms with Crippen molar-refractivity contribution in [3.63, 3.8) is 0 Å². The van der Waals surface area contributed by atoms with Crippen LogP contribution in [-0.2, 0) is 17.9 Å². The van der Waals surface area contributed by atoms with Crippen molar-refractivity contribution in [2.45, 2.75) is 20.0 Å². The monoisotopic (exact) mass is 403 g/mol. The summed E-state index contributed by atoms with van der Waals surface area (Å²) in [5, 5.41) is 2.84. The lowest BCUT2D eigenvalue weighted by atomic mass is 10.2. The molecule has 0 spiro atoms. The van der Waals surface area contributed by atoms with E-state index in [1.54, 1.807) is 6.92 Å². The van der Waals surface area contributed by atoms with E-state index in [-0.39, 0.29) is 23.9 Å². The topological polar surface area (TPSA) is 64.0 Å². The van der Waals surface area contributed by atoms with Crippen LogP contribution >= 0.6 is 11.6 Å². The van der Waals surface area contributed by atoms with Gasteiger partial charge < -0.3 is 5.32 Å². The van der Waals surface area contributed by atoms with Gasteiger partial charge in [-0.25, -0.2) is 13.8 Å². The lowest BCUT2D eigenvalue weighted by Gasteiger charge is -2.13. The zero-order valence-electron chi connectivity index (χ0n) is 14.9. The second-order valence-electron chi connectivity index (χ2n) is 6.16. The zero-order chi connectivity index (χ0) is 20.3. The number of hydrogen-bond acceptors (Lipinski definition) is 3. The van der Waals surface area contributed by atoms with Gasteiger partial charge in [-0.2, -0.15) is 0 Å². The fraction of sp³-hybridized carbons (Fsp3) is 0.150. The number of nitrogens with one attached hydrogen (secondary N) is 1. The number of nitrogens with zero attached hydrogens (tertiary/aromatic N) is 2. The zero-order valence-corrected chi connectivity index (χ0v) is 15.6. The number of halogens is 3. The first kappa shape index (κ1) is 19.7. The summed E-state index contributed by atoms with van der Waals surface area (Å²) in [6.45, 7) is 1.46. The largest absolute Gasteiger partial charge is 0.350 e. The van der Waals surface area contributed by atoms with Gasteiger partial charge in [-0.1, -0.05) is 17.7 Å². The van der Waals surface area contributed by atoms with Crippen LogP contribution in [-0.4, -0.2) is 15.5 Å². The van der Waals surface area contributed by atoms with Crippen LogP contribution in [0.15, 0.2) is 53.3 Å². The second-order valence-corrected chi connectivity index (χ2v) is 6.57. The molecule has 0 aliphatic carbocycles. The summed E-state index contributed by atoms with van der Waals surface area (Å²) in [5.74, 6) is -1.07. The van der Waals surface area contributed by atoms with E-state index >= 15 is 0 Å². The molecular formula is C20H16ClF2N3O2. The first-order chi connectivity index (χ1) is 13.3. The Morgan fingerprint density at radius 1 is 1.11 bits per heavy atom. The summed E-state index contributed by atoms with van der Waals surface area (Å²) >= 11 is 5.95. The van der Waals surface area contributed by atoms with Gasteiger partial charge in [0.2, 0.25) is 5.91 Å². The summed E-state index contributed by atoms with van der Waals surface area (Å²) in [6, 6.07) is 10.7. The van der Waals surface area contributed by atoms with Gasteiger partial charge in [-0.3, -0.25) is 14.2 Å². The molecule has 0 saturated heterocycles. The quantitative estimate of drug-likeness (QED) is 0.709. The van der Waals surface area contributed by atoms with E-state index < -0.39 is 23.1 Å². The maximum absolute atomic E-state index is 13.2. The van der Waals surface area contributed by atoms with Crippen molar-refractivity contribution < 1.29 is 13.6 Å². The van der Waals surface area contributed by atoms with Gasteiger partial charge in [0.15, 0.2) is 0 Å². The number of aryl methyl sites for hydroxylation is 1. The van der Waals surface area contributed by atoms with Crippen LogP contribution in [0.3, 0.4) is 0 Å². The number of benzene rings is 2. The van der Waals surface area contributed by atoms with Crippen LogP contribution < -0.4 is 10.9 Å². The second kappa shape index (κ2) is 8.31. The van der Waals surface area contributed by atoms with Gasteiger partial charge in [-0.05, 0) is 48.9 Å². The highest BCUT2D eigenvalue weighted by Crippen LogP contribution is 2.18. The van der Waals surface area contributed by atoms with Crippen LogP contribution in [0.2, 0.25) is 5.02 Å². The Morgan fingerprint density at radius 3 is 2.46 bits per heavy atom. The number of carbonyl (C=O) groups excluding carboxylic acids is 1. The average Bonchev–Trinajstić information content (AvgIpc) is 2.64. The van der Waals surface area contributed by atoms with E-state index in [0.29, 0.717) is 16.8 Å².